The van der Waals surface area contributed by atoms with Gasteiger partial charge >= 0.3 is 0 Å². The molecule has 0 saturated heterocycles. The van der Waals surface area contributed by atoms with Gasteiger partial charge in [-0.2, -0.15) is 4.52 Å². The molecule has 0 spiro atoms. The number of benzene rings is 3. The molecule has 0 unspecified atom stereocenters. The molecular formula is C23H16ClN5O2. The molecule has 0 radical (unpaired) electrons. The highest BCUT2D eigenvalue weighted by Gasteiger charge is 2.17. The molecule has 3 aromatic carbocycles. The smallest absolute Gasteiger partial charge is 0.231 e. The zero-order valence-electron chi connectivity index (χ0n) is 16.2. The number of rotatable bonds is 4. The molecule has 3 heterocycles. The van der Waals surface area contributed by atoms with Gasteiger partial charge in [0.1, 0.15) is 11.5 Å². The van der Waals surface area contributed by atoms with Crippen LogP contribution >= 0.6 is 11.6 Å². The van der Waals surface area contributed by atoms with Crippen LogP contribution in [0.3, 0.4) is 0 Å². The van der Waals surface area contributed by atoms with E-state index in [4.69, 9.17) is 26.1 Å². The number of nitrogens with zero attached hydrogens (tertiary/aromatic N) is 4. The van der Waals surface area contributed by atoms with Crippen molar-refractivity contribution < 1.29 is 9.47 Å². The lowest BCUT2D eigenvalue weighted by Gasteiger charge is -2.11. The first kappa shape index (κ1) is 18.0. The standard InChI is InChI=1S/C23H16ClN5O2/c24-16-5-3-4-15(11-16)21-23-26-22(17-6-1-2-7-18(17)29(23)28-27-21)25-12-14-8-9-19-20(10-14)31-13-30-19/h1-11H,12-13H2,(H,25,26). The molecule has 31 heavy (non-hydrogen) atoms. The molecule has 0 bridgehead atoms. The van der Waals surface area contributed by atoms with E-state index in [1.807, 2.05) is 66.7 Å². The Morgan fingerprint density at radius 2 is 1.87 bits per heavy atom. The summed E-state index contributed by atoms with van der Waals surface area (Å²) in [6.45, 7) is 0.841. The number of ether oxygens (including phenoxy) is 2. The summed E-state index contributed by atoms with van der Waals surface area (Å²) < 4.78 is 12.6. The Balaban J connectivity index is 1.44. The molecule has 1 aliphatic rings. The van der Waals surface area contributed by atoms with Crippen molar-refractivity contribution in [1.82, 2.24) is 19.8 Å². The topological polar surface area (TPSA) is 73.6 Å². The van der Waals surface area contributed by atoms with E-state index in [-0.39, 0.29) is 6.79 Å². The number of aromatic nitrogens is 4. The van der Waals surface area contributed by atoms with Crippen LogP contribution in [0.4, 0.5) is 5.82 Å². The highest BCUT2D eigenvalue weighted by atomic mass is 35.5. The van der Waals surface area contributed by atoms with Crippen molar-refractivity contribution in [2.24, 2.45) is 0 Å². The SMILES string of the molecule is Clc1cccc(-c2nnn3c2nc(NCc2ccc4c(c2)OCO4)c2ccccc23)c1. The molecule has 1 N–H and O–H groups in total. The summed E-state index contributed by atoms with van der Waals surface area (Å²) in [4.78, 5) is 4.88. The molecule has 7 nitrogen and oxygen atoms in total. The fraction of sp³-hybridized carbons (Fsp3) is 0.0870. The molecule has 0 fully saturated rings. The summed E-state index contributed by atoms with van der Waals surface area (Å²) in [5.41, 5.74) is 4.19. The molecule has 2 aromatic heterocycles. The van der Waals surface area contributed by atoms with Gasteiger partial charge in [-0.3, -0.25) is 0 Å². The van der Waals surface area contributed by atoms with E-state index < -0.39 is 0 Å². The Kier molecular flexibility index (Phi) is 4.14. The van der Waals surface area contributed by atoms with Gasteiger partial charge in [0.15, 0.2) is 17.1 Å². The molecule has 0 saturated carbocycles. The van der Waals surface area contributed by atoms with Crippen molar-refractivity contribution in [1.29, 1.82) is 0 Å². The van der Waals surface area contributed by atoms with Gasteiger partial charge in [0, 0.05) is 22.5 Å². The maximum Gasteiger partial charge on any atom is 0.231 e. The molecule has 5 aromatic rings. The van der Waals surface area contributed by atoms with Gasteiger partial charge in [-0.1, -0.05) is 47.1 Å². The number of anilines is 1. The van der Waals surface area contributed by atoms with Gasteiger partial charge in [0.05, 0.1) is 5.52 Å². The fourth-order valence-electron chi connectivity index (χ4n) is 3.76. The number of fused-ring (bicyclic) bond motifs is 4. The number of hydrogen-bond acceptors (Lipinski definition) is 6. The molecule has 0 aliphatic carbocycles. The predicted molar refractivity (Wildman–Crippen MR) is 119 cm³/mol. The Labute approximate surface area is 182 Å². The molecule has 0 amide bonds. The summed E-state index contributed by atoms with van der Waals surface area (Å²) >= 11 is 6.19. The van der Waals surface area contributed by atoms with Gasteiger partial charge in [0.25, 0.3) is 0 Å². The largest absolute Gasteiger partial charge is 0.454 e. The Morgan fingerprint density at radius 1 is 0.968 bits per heavy atom. The Hall–Kier alpha value is -3.84. The monoisotopic (exact) mass is 429 g/mol. The van der Waals surface area contributed by atoms with Crippen LogP contribution in [0.1, 0.15) is 5.56 Å². The summed E-state index contributed by atoms with van der Waals surface area (Å²) in [6, 6.07) is 21.4. The van der Waals surface area contributed by atoms with E-state index in [9.17, 15) is 0 Å². The maximum atomic E-state index is 6.19. The van der Waals surface area contributed by atoms with Crippen LogP contribution in [0.15, 0.2) is 66.7 Å². The van der Waals surface area contributed by atoms with Crippen molar-refractivity contribution >= 4 is 34.0 Å². The zero-order chi connectivity index (χ0) is 20.8. The Morgan fingerprint density at radius 3 is 2.81 bits per heavy atom. The quantitative estimate of drug-likeness (QED) is 0.436. The average molecular weight is 430 g/mol. The van der Waals surface area contributed by atoms with E-state index in [2.05, 4.69) is 15.6 Å². The molecule has 152 valence electrons. The third-order valence-corrected chi connectivity index (χ3v) is 5.48. The summed E-state index contributed by atoms with van der Waals surface area (Å²) in [5.74, 6) is 2.28. The predicted octanol–water partition coefficient (Wildman–Crippen LogP) is 4.94. The molecule has 8 heteroatoms. The lowest BCUT2D eigenvalue weighted by molar-refractivity contribution is 0.174. The van der Waals surface area contributed by atoms with Crippen molar-refractivity contribution in [3.8, 4) is 22.8 Å². The second kappa shape index (κ2) is 7.14. The minimum absolute atomic E-state index is 0.259. The average Bonchev–Trinajstić information content (AvgIpc) is 3.44. The first-order valence-electron chi connectivity index (χ1n) is 9.79. The summed E-state index contributed by atoms with van der Waals surface area (Å²) in [5, 5.41) is 13.8. The van der Waals surface area contributed by atoms with Gasteiger partial charge in [-0.05, 0) is 42.0 Å². The second-order valence-corrected chi connectivity index (χ2v) is 7.64. The number of nitrogens with one attached hydrogen (secondary N) is 1. The van der Waals surface area contributed by atoms with E-state index in [0.29, 0.717) is 22.9 Å². The van der Waals surface area contributed by atoms with Crippen molar-refractivity contribution in [2.45, 2.75) is 6.54 Å². The number of para-hydroxylation sites is 1. The van der Waals surface area contributed by atoms with Gasteiger partial charge in [-0.25, -0.2) is 4.98 Å². The highest BCUT2D eigenvalue weighted by molar-refractivity contribution is 6.30. The van der Waals surface area contributed by atoms with Crippen LogP contribution in [0.5, 0.6) is 11.5 Å². The lowest BCUT2D eigenvalue weighted by atomic mass is 10.1. The van der Waals surface area contributed by atoms with Crippen LogP contribution in [0, 0.1) is 0 Å². The highest BCUT2D eigenvalue weighted by Crippen LogP contribution is 2.33. The van der Waals surface area contributed by atoms with Gasteiger partial charge in [-0.15, -0.1) is 5.10 Å². The molecule has 0 atom stereocenters. The summed E-state index contributed by atoms with van der Waals surface area (Å²) in [6.07, 6.45) is 0. The van der Waals surface area contributed by atoms with Gasteiger partial charge < -0.3 is 14.8 Å². The molecule has 1 aliphatic heterocycles. The second-order valence-electron chi connectivity index (χ2n) is 7.20. The summed E-state index contributed by atoms with van der Waals surface area (Å²) in [7, 11) is 0. The first-order valence-corrected chi connectivity index (χ1v) is 10.2. The third-order valence-electron chi connectivity index (χ3n) is 5.25. The first-order chi connectivity index (χ1) is 15.3. The third kappa shape index (κ3) is 3.10. The normalized spacial score (nSPS) is 12.5. The minimum Gasteiger partial charge on any atom is -0.454 e. The lowest BCUT2D eigenvalue weighted by Crippen LogP contribution is -2.05. The van der Waals surface area contributed by atoms with Crippen molar-refractivity contribution in [3.05, 3.63) is 77.3 Å². The van der Waals surface area contributed by atoms with Crippen LogP contribution in [-0.2, 0) is 6.54 Å². The van der Waals surface area contributed by atoms with E-state index in [1.165, 1.54) is 0 Å². The Bertz CT molecular complexity index is 1450. The van der Waals surface area contributed by atoms with E-state index in [1.54, 1.807) is 4.52 Å². The fourth-order valence-corrected chi connectivity index (χ4v) is 3.95. The molecular weight excluding hydrogens is 414 g/mol. The van der Waals surface area contributed by atoms with Crippen LogP contribution in [-0.4, -0.2) is 26.6 Å². The van der Waals surface area contributed by atoms with E-state index >= 15 is 0 Å². The van der Waals surface area contributed by atoms with Crippen LogP contribution in [0.25, 0.3) is 27.8 Å². The zero-order valence-corrected chi connectivity index (χ0v) is 17.0. The van der Waals surface area contributed by atoms with Crippen molar-refractivity contribution in [2.75, 3.05) is 12.1 Å². The van der Waals surface area contributed by atoms with Crippen LogP contribution < -0.4 is 14.8 Å². The minimum atomic E-state index is 0.259. The maximum absolute atomic E-state index is 6.19. The number of halogens is 1. The van der Waals surface area contributed by atoms with Gasteiger partial charge in [0.2, 0.25) is 6.79 Å². The van der Waals surface area contributed by atoms with Crippen LogP contribution in [0.2, 0.25) is 5.02 Å². The van der Waals surface area contributed by atoms with Crippen molar-refractivity contribution in [3.63, 3.8) is 0 Å². The van der Waals surface area contributed by atoms with E-state index in [0.717, 1.165) is 39.3 Å². The number of hydrogen-bond donors (Lipinski definition) is 1. The molecule has 6 rings (SSSR count).